The number of rotatable bonds is 10. The van der Waals surface area contributed by atoms with Crippen LogP contribution in [-0.2, 0) is 15.6 Å². The molecule has 0 bridgehead atoms. The summed E-state index contributed by atoms with van der Waals surface area (Å²) >= 11 is 5.98. The minimum atomic E-state index is -2.13. The van der Waals surface area contributed by atoms with Gasteiger partial charge < -0.3 is 18.5 Å². The number of carbonyl (C=O) groups is 1. The highest BCUT2D eigenvalue weighted by Crippen LogP contribution is 2.38. The molecule has 3 rings (SSSR count). The van der Waals surface area contributed by atoms with Gasteiger partial charge in [0.05, 0.1) is 31.4 Å². The van der Waals surface area contributed by atoms with Gasteiger partial charge >= 0.3 is 5.97 Å². The van der Waals surface area contributed by atoms with Crippen LogP contribution in [0, 0.1) is 11.7 Å². The van der Waals surface area contributed by atoms with E-state index in [1.54, 1.807) is 23.6 Å². The second-order valence-electron chi connectivity index (χ2n) is 11.6. The van der Waals surface area contributed by atoms with Gasteiger partial charge in [-0.2, -0.15) is 4.98 Å². The summed E-state index contributed by atoms with van der Waals surface area (Å²) in [5.74, 6) is -1.17. The zero-order valence-electron chi connectivity index (χ0n) is 24.7. The molecule has 1 atom stereocenters. The van der Waals surface area contributed by atoms with Crippen LogP contribution in [0.3, 0.4) is 0 Å². The lowest BCUT2D eigenvalue weighted by molar-refractivity contribution is 0.0523. The van der Waals surface area contributed by atoms with Gasteiger partial charge in [-0.3, -0.25) is 4.79 Å². The zero-order valence-corrected chi connectivity index (χ0v) is 26.5. The van der Waals surface area contributed by atoms with E-state index in [0.29, 0.717) is 6.61 Å². The minimum absolute atomic E-state index is 0.0102. The minimum Gasteiger partial charge on any atom is -0.480 e. The van der Waals surface area contributed by atoms with Gasteiger partial charge in [0, 0.05) is 12.6 Å². The van der Waals surface area contributed by atoms with Crippen molar-refractivity contribution in [2.45, 2.75) is 72.1 Å². The lowest BCUT2D eigenvalue weighted by atomic mass is 10.0. The van der Waals surface area contributed by atoms with E-state index in [1.165, 1.54) is 19.4 Å². The normalized spacial score (nSPS) is 13.1. The molecule has 0 spiro atoms. The van der Waals surface area contributed by atoms with Crippen LogP contribution >= 0.6 is 11.6 Å². The third-order valence-corrected chi connectivity index (χ3v) is 12.3. The van der Waals surface area contributed by atoms with Gasteiger partial charge in [-0.15, -0.1) is 0 Å². The molecule has 0 unspecified atom stereocenters. The summed E-state index contributed by atoms with van der Waals surface area (Å²) in [6.45, 7) is 17.0. The highest BCUT2D eigenvalue weighted by Gasteiger charge is 2.38. The van der Waals surface area contributed by atoms with E-state index < -0.39 is 25.5 Å². The molecule has 0 aliphatic heterocycles. The molecule has 0 N–H and O–H groups in total. The van der Waals surface area contributed by atoms with Crippen molar-refractivity contribution in [2.75, 3.05) is 20.3 Å². The van der Waals surface area contributed by atoms with Crippen LogP contribution in [-0.4, -0.2) is 49.1 Å². The van der Waals surface area contributed by atoms with Crippen molar-refractivity contribution >= 4 is 37.1 Å². The van der Waals surface area contributed by atoms with Crippen molar-refractivity contribution in [3.63, 3.8) is 0 Å². The van der Waals surface area contributed by atoms with Crippen molar-refractivity contribution in [1.82, 2.24) is 14.5 Å². The number of carbonyl (C=O) groups excluding carboxylic acids is 1. The zero-order chi connectivity index (χ0) is 30.0. The Labute approximate surface area is 241 Å². The Balaban J connectivity index is 2.27. The van der Waals surface area contributed by atoms with Crippen LogP contribution in [0.1, 0.15) is 69.2 Å². The van der Waals surface area contributed by atoms with Crippen molar-refractivity contribution in [1.29, 1.82) is 0 Å². The monoisotopic (exact) mass is 591 g/mol. The Morgan fingerprint density at radius 3 is 2.45 bits per heavy atom. The lowest BCUT2D eigenvalue weighted by Gasteiger charge is -2.38. The molecule has 0 saturated heterocycles. The van der Waals surface area contributed by atoms with E-state index in [1.807, 2.05) is 13.8 Å². The van der Waals surface area contributed by atoms with Crippen molar-refractivity contribution in [3.8, 4) is 5.88 Å². The number of methoxy groups -OCH3 is 1. The SMILES string of the molecule is CCOC(=O)c1cn([C@H](CO[Si](C)(C)C(C)(C)C)C(C)C)c2nc(OC)c(Cc3cccc(Cl)c3F)nc2c1=O. The highest BCUT2D eigenvalue weighted by atomic mass is 35.5. The summed E-state index contributed by atoms with van der Waals surface area (Å²) in [6, 6.07) is 4.36. The fourth-order valence-electron chi connectivity index (χ4n) is 4.02. The summed E-state index contributed by atoms with van der Waals surface area (Å²) in [7, 11) is -0.693. The molecule has 11 heteroatoms. The Morgan fingerprint density at radius 1 is 1.20 bits per heavy atom. The Kier molecular flexibility index (Phi) is 9.80. The number of fused-ring (bicyclic) bond motifs is 1. The molecule has 3 aromatic rings. The van der Waals surface area contributed by atoms with E-state index in [9.17, 15) is 14.0 Å². The molecule has 8 nitrogen and oxygen atoms in total. The fourth-order valence-corrected chi connectivity index (χ4v) is 5.23. The summed E-state index contributed by atoms with van der Waals surface area (Å²) < 4.78 is 33.8. The summed E-state index contributed by atoms with van der Waals surface area (Å²) in [4.78, 5) is 35.7. The number of ether oxygens (including phenoxy) is 2. The number of aromatic nitrogens is 3. The fraction of sp³-hybridized carbons (Fsp3) is 0.517. The van der Waals surface area contributed by atoms with E-state index in [-0.39, 0.29) is 68.9 Å². The molecule has 0 aliphatic carbocycles. The van der Waals surface area contributed by atoms with Gasteiger partial charge in [-0.05, 0) is 42.6 Å². The summed E-state index contributed by atoms with van der Waals surface area (Å²) in [5.41, 5.74) is -0.0831. The predicted octanol–water partition coefficient (Wildman–Crippen LogP) is 6.58. The molecule has 2 heterocycles. The van der Waals surface area contributed by atoms with Crippen LogP contribution in [0.15, 0.2) is 29.2 Å². The number of halogens is 2. The van der Waals surface area contributed by atoms with Crippen molar-refractivity contribution in [3.05, 3.63) is 62.3 Å². The summed E-state index contributed by atoms with van der Waals surface area (Å²) in [6.07, 6.45) is 1.45. The average molecular weight is 592 g/mol. The molecular formula is C29H39ClFN3O5Si. The van der Waals surface area contributed by atoms with Crippen LogP contribution in [0.25, 0.3) is 11.2 Å². The maximum atomic E-state index is 14.7. The average Bonchev–Trinajstić information content (AvgIpc) is 2.87. The predicted molar refractivity (Wildman–Crippen MR) is 158 cm³/mol. The largest absolute Gasteiger partial charge is 0.480 e. The topological polar surface area (TPSA) is 92.5 Å². The molecule has 218 valence electrons. The van der Waals surface area contributed by atoms with Crippen molar-refractivity contribution in [2.24, 2.45) is 5.92 Å². The van der Waals surface area contributed by atoms with Gasteiger partial charge in [-0.1, -0.05) is 58.4 Å². The van der Waals surface area contributed by atoms with E-state index >= 15 is 0 Å². The van der Waals surface area contributed by atoms with Gasteiger partial charge in [0.2, 0.25) is 11.3 Å². The molecule has 0 saturated carbocycles. The third-order valence-electron chi connectivity index (χ3n) is 7.51. The second-order valence-corrected chi connectivity index (χ2v) is 16.8. The number of pyridine rings is 1. The molecule has 2 aromatic heterocycles. The molecule has 0 radical (unpaired) electrons. The van der Waals surface area contributed by atoms with Crippen LogP contribution < -0.4 is 10.2 Å². The maximum Gasteiger partial charge on any atom is 0.343 e. The van der Waals surface area contributed by atoms with E-state index in [4.69, 9.17) is 25.5 Å². The standard InChI is InChI=1S/C29H39ClFN3O5Si/c1-10-38-28(36)19-15-34(22(17(2)3)16-39-40(8,9)29(4,5)6)26-24(25(19)35)32-21(27(33-26)37-7)14-18-12-11-13-20(30)23(18)31/h11-13,15,17,22H,10,14,16H2,1-9H3/t22-/m1/s1. The number of hydrogen-bond donors (Lipinski definition) is 0. The Bertz CT molecular complexity index is 1450. The molecule has 0 fully saturated rings. The first-order valence-corrected chi connectivity index (χ1v) is 16.6. The quantitative estimate of drug-likeness (QED) is 0.194. The number of esters is 1. The van der Waals surface area contributed by atoms with E-state index in [0.717, 1.165) is 0 Å². The molecule has 0 amide bonds. The molecule has 0 aliphatic rings. The van der Waals surface area contributed by atoms with Gasteiger partial charge in [0.1, 0.15) is 17.1 Å². The number of benzene rings is 1. The Morgan fingerprint density at radius 2 is 1.88 bits per heavy atom. The number of hydrogen-bond acceptors (Lipinski definition) is 7. The first-order chi connectivity index (χ1) is 18.6. The number of nitrogens with zero attached hydrogens (tertiary/aromatic N) is 3. The third kappa shape index (κ3) is 6.55. The summed E-state index contributed by atoms with van der Waals surface area (Å²) in [5, 5.41) is -0.0392. The maximum absolute atomic E-state index is 14.7. The highest BCUT2D eigenvalue weighted by molar-refractivity contribution is 6.74. The van der Waals surface area contributed by atoms with Gasteiger partial charge in [0.25, 0.3) is 0 Å². The molecule has 40 heavy (non-hydrogen) atoms. The van der Waals surface area contributed by atoms with Gasteiger partial charge in [0.15, 0.2) is 19.5 Å². The van der Waals surface area contributed by atoms with Crippen LogP contribution in [0.2, 0.25) is 23.2 Å². The lowest BCUT2D eigenvalue weighted by Crippen LogP contribution is -2.42. The molecule has 1 aromatic carbocycles. The van der Waals surface area contributed by atoms with Crippen LogP contribution in [0.4, 0.5) is 4.39 Å². The molecular weight excluding hydrogens is 553 g/mol. The Hall–Kier alpha value is -2.82. The smallest absolute Gasteiger partial charge is 0.343 e. The van der Waals surface area contributed by atoms with Crippen LogP contribution in [0.5, 0.6) is 5.88 Å². The second kappa shape index (κ2) is 12.4. The first kappa shape index (κ1) is 31.7. The van der Waals surface area contributed by atoms with Gasteiger partial charge in [-0.25, -0.2) is 14.2 Å². The van der Waals surface area contributed by atoms with E-state index in [2.05, 4.69) is 43.8 Å². The van der Waals surface area contributed by atoms with Crippen molar-refractivity contribution < 1.29 is 23.1 Å². The first-order valence-electron chi connectivity index (χ1n) is 13.4.